The summed E-state index contributed by atoms with van der Waals surface area (Å²) in [6.07, 6.45) is 0.833. The fraction of sp³-hybridized carbons (Fsp3) is 0. The van der Waals surface area contributed by atoms with Gasteiger partial charge in [-0.1, -0.05) is 30.3 Å². The molecule has 11 heavy (non-hydrogen) atoms. The summed E-state index contributed by atoms with van der Waals surface area (Å²) in [4.78, 5) is 18.4. The predicted octanol–water partition coefficient (Wildman–Crippen LogP) is 1.20. The maximum Gasteiger partial charge on any atom is 0.290 e. The minimum atomic E-state index is -0.250. The van der Waals surface area contributed by atoms with Crippen molar-refractivity contribution in [3.63, 3.8) is 0 Å². The summed E-state index contributed by atoms with van der Waals surface area (Å²) < 4.78 is 0. The Labute approximate surface area is 64.3 Å². The van der Waals surface area contributed by atoms with E-state index in [1.807, 2.05) is 18.2 Å². The molecule has 1 N–H and O–H groups in total. The molecule has 3 nitrogen and oxygen atoms in total. The highest BCUT2D eigenvalue weighted by Gasteiger charge is 1.79. The van der Waals surface area contributed by atoms with E-state index in [9.17, 15) is 4.79 Å². The lowest BCUT2D eigenvalue weighted by Crippen LogP contribution is -1.73. The van der Waals surface area contributed by atoms with Gasteiger partial charge in [0, 0.05) is 5.56 Å². The van der Waals surface area contributed by atoms with E-state index in [4.69, 9.17) is 9.90 Å². The summed E-state index contributed by atoms with van der Waals surface area (Å²) in [6.45, 7) is -0.250. The molecule has 0 aliphatic heterocycles. The molecule has 0 aliphatic rings. The molecule has 3 heteroatoms. The second kappa shape index (κ2) is 6.48. The molecule has 0 bridgehead atoms. The first-order valence-corrected chi connectivity index (χ1v) is 2.93. The molecule has 0 amide bonds. The number of rotatable bonds is 1. The molecule has 58 valence electrons. The molecule has 0 radical (unpaired) electrons. The molecule has 0 fully saturated rings. The maximum absolute atomic E-state index is 10.0. The highest BCUT2D eigenvalue weighted by atomic mass is 16.3. The summed E-state index contributed by atoms with van der Waals surface area (Å²) in [5.74, 6) is 0. The Hall–Kier alpha value is -1.64. The third-order valence-electron chi connectivity index (χ3n) is 0.936. The molecule has 0 spiro atoms. The van der Waals surface area contributed by atoms with Gasteiger partial charge in [-0.15, -0.1) is 0 Å². The van der Waals surface area contributed by atoms with E-state index >= 15 is 0 Å². The van der Waals surface area contributed by atoms with Crippen LogP contribution in [0.5, 0.6) is 0 Å². The van der Waals surface area contributed by atoms with E-state index < -0.39 is 0 Å². The van der Waals surface area contributed by atoms with Crippen molar-refractivity contribution in [2.45, 2.75) is 0 Å². The van der Waals surface area contributed by atoms with Gasteiger partial charge in [0.25, 0.3) is 6.47 Å². The van der Waals surface area contributed by atoms with E-state index in [1.54, 1.807) is 12.1 Å². The van der Waals surface area contributed by atoms with Crippen molar-refractivity contribution in [2.24, 2.45) is 0 Å². The zero-order valence-corrected chi connectivity index (χ0v) is 5.81. The Morgan fingerprint density at radius 2 is 1.55 bits per heavy atom. The van der Waals surface area contributed by atoms with Crippen LogP contribution in [0.4, 0.5) is 0 Å². The highest BCUT2D eigenvalue weighted by Crippen LogP contribution is 1.91. The van der Waals surface area contributed by atoms with Crippen molar-refractivity contribution >= 4 is 12.8 Å². The van der Waals surface area contributed by atoms with Crippen LogP contribution in [0.2, 0.25) is 0 Å². The zero-order chi connectivity index (χ0) is 8.53. The standard InChI is InChI=1S/C7H6O.CH2O2/c8-6-7-4-2-1-3-5-7;2-1-3/h1-6H;1H,(H,2,3). The summed E-state index contributed by atoms with van der Waals surface area (Å²) in [7, 11) is 0. The van der Waals surface area contributed by atoms with Crippen LogP contribution in [-0.4, -0.2) is 17.9 Å². The first kappa shape index (κ1) is 9.36. The molecular formula is C8H8O3. The van der Waals surface area contributed by atoms with Gasteiger partial charge in [-0.2, -0.15) is 0 Å². The SMILES string of the molecule is O=CO.O=Cc1ccccc1. The van der Waals surface area contributed by atoms with Gasteiger partial charge in [0.1, 0.15) is 6.29 Å². The van der Waals surface area contributed by atoms with Gasteiger partial charge < -0.3 is 5.11 Å². The van der Waals surface area contributed by atoms with Gasteiger partial charge >= 0.3 is 0 Å². The third kappa shape index (κ3) is 4.84. The molecule has 0 aromatic heterocycles. The Morgan fingerprint density at radius 1 is 1.09 bits per heavy atom. The molecule has 1 aromatic rings. The van der Waals surface area contributed by atoms with Crippen molar-refractivity contribution in [3.8, 4) is 0 Å². The number of aldehydes is 1. The minimum absolute atomic E-state index is 0.250. The van der Waals surface area contributed by atoms with Crippen LogP contribution in [0, 0.1) is 0 Å². The van der Waals surface area contributed by atoms with Gasteiger partial charge in [0.2, 0.25) is 0 Å². The molecule has 0 unspecified atom stereocenters. The van der Waals surface area contributed by atoms with Crippen molar-refractivity contribution in [3.05, 3.63) is 35.9 Å². The molecular weight excluding hydrogens is 144 g/mol. The number of hydrogen-bond donors (Lipinski definition) is 1. The average Bonchev–Trinajstić information content (AvgIpc) is 2.08. The molecule has 0 saturated carbocycles. The third-order valence-corrected chi connectivity index (χ3v) is 0.936. The predicted molar refractivity (Wildman–Crippen MR) is 40.5 cm³/mol. The van der Waals surface area contributed by atoms with Gasteiger partial charge in [-0.05, 0) is 0 Å². The lowest BCUT2D eigenvalue weighted by atomic mass is 10.2. The number of benzene rings is 1. The van der Waals surface area contributed by atoms with Crippen LogP contribution < -0.4 is 0 Å². The second-order valence-electron chi connectivity index (χ2n) is 1.63. The Kier molecular flexibility index (Phi) is 5.51. The van der Waals surface area contributed by atoms with Crippen LogP contribution in [0.25, 0.3) is 0 Å². The van der Waals surface area contributed by atoms with Gasteiger partial charge in [-0.25, -0.2) is 0 Å². The van der Waals surface area contributed by atoms with Crippen molar-refractivity contribution in [1.82, 2.24) is 0 Å². The van der Waals surface area contributed by atoms with E-state index in [2.05, 4.69) is 0 Å². The maximum atomic E-state index is 10.0. The smallest absolute Gasteiger partial charge is 0.290 e. The lowest BCUT2D eigenvalue weighted by molar-refractivity contribution is -0.122. The van der Waals surface area contributed by atoms with E-state index in [0.717, 1.165) is 11.8 Å². The Balaban J connectivity index is 0.000000292. The number of hydrogen-bond acceptors (Lipinski definition) is 2. The summed E-state index contributed by atoms with van der Waals surface area (Å²) in [5.41, 5.74) is 0.729. The number of carboxylic acid groups (broad SMARTS) is 1. The van der Waals surface area contributed by atoms with Crippen molar-refractivity contribution in [1.29, 1.82) is 0 Å². The number of carbonyl (C=O) groups excluding carboxylic acids is 1. The summed E-state index contributed by atoms with van der Waals surface area (Å²) >= 11 is 0. The van der Waals surface area contributed by atoms with Gasteiger partial charge in [0.15, 0.2) is 0 Å². The van der Waals surface area contributed by atoms with Gasteiger partial charge in [-0.3, -0.25) is 9.59 Å². The monoisotopic (exact) mass is 152 g/mol. The minimum Gasteiger partial charge on any atom is -0.483 e. The summed E-state index contributed by atoms with van der Waals surface area (Å²) in [6, 6.07) is 9.10. The van der Waals surface area contributed by atoms with E-state index in [0.29, 0.717) is 0 Å². The topological polar surface area (TPSA) is 54.4 Å². The van der Waals surface area contributed by atoms with Crippen LogP contribution in [-0.2, 0) is 4.79 Å². The molecule has 0 heterocycles. The van der Waals surface area contributed by atoms with Crippen LogP contribution in [0.3, 0.4) is 0 Å². The fourth-order valence-electron chi connectivity index (χ4n) is 0.532. The first-order valence-electron chi connectivity index (χ1n) is 2.93. The molecule has 1 rings (SSSR count). The first-order chi connectivity index (χ1) is 5.35. The van der Waals surface area contributed by atoms with Crippen molar-refractivity contribution < 1.29 is 14.7 Å². The zero-order valence-electron chi connectivity index (χ0n) is 5.81. The van der Waals surface area contributed by atoms with E-state index in [1.165, 1.54) is 0 Å². The van der Waals surface area contributed by atoms with Crippen LogP contribution in [0.15, 0.2) is 30.3 Å². The quantitative estimate of drug-likeness (QED) is 0.615. The molecule has 1 aromatic carbocycles. The number of carbonyl (C=O) groups is 2. The lowest BCUT2D eigenvalue weighted by Gasteiger charge is -1.81. The Bertz CT molecular complexity index is 206. The largest absolute Gasteiger partial charge is 0.483 e. The summed E-state index contributed by atoms with van der Waals surface area (Å²) in [5, 5.41) is 6.89. The molecule has 0 saturated heterocycles. The van der Waals surface area contributed by atoms with Crippen LogP contribution >= 0.6 is 0 Å². The van der Waals surface area contributed by atoms with Crippen LogP contribution in [0.1, 0.15) is 10.4 Å². The molecule has 0 atom stereocenters. The normalized spacial score (nSPS) is 7.27. The Morgan fingerprint density at radius 3 is 1.82 bits per heavy atom. The van der Waals surface area contributed by atoms with E-state index in [-0.39, 0.29) is 6.47 Å². The van der Waals surface area contributed by atoms with Gasteiger partial charge in [0.05, 0.1) is 0 Å². The fourth-order valence-corrected chi connectivity index (χ4v) is 0.532. The van der Waals surface area contributed by atoms with Crippen molar-refractivity contribution in [2.75, 3.05) is 0 Å². The molecule has 0 aliphatic carbocycles. The second-order valence-corrected chi connectivity index (χ2v) is 1.63. The highest BCUT2D eigenvalue weighted by molar-refractivity contribution is 5.74. The average molecular weight is 152 g/mol.